The van der Waals surface area contributed by atoms with Crippen LogP contribution in [0.1, 0.15) is 26.2 Å². The highest BCUT2D eigenvalue weighted by molar-refractivity contribution is 5.95. The fourth-order valence-electron chi connectivity index (χ4n) is 2.08. The van der Waals surface area contributed by atoms with Crippen LogP contribution >= 0.6 is 0 Å². The third-order valence-corrected chi connectivity index (χ3v) is 3.20. The molecule has 1 aliphatic heterocycles. The molecule has 0 saturated carbocycles. The Balaban J connectivity index is 2.36. The number of ketones is 1. The fraction of sp³-hybridized carbons (Fsp3) is 0.750. The molecule has 0 aromatic rings. The maximum Gasteiger partial charge on any atom is 0.133 e. The van der Waals surface area contributed by atoms with Crippen LogP contribution < -0.4 is 0 Å². The Morgan fingerprint density at radius 2 is 2.06 bits per heavy atom. The van der Waals surface area contributed by atoms with E-state index in [1.165, 1.54) is 0 Å². The molecule has 1 rings (SSSR count). The largest absolute Gasteiger partial charge is 0.303 e. The minimum absolute atomic E-state index is 0.240. The van der Waals surface area contributed by atoms with Crippen LogP contribution in [0.4, 0.5) is 0 Å². The molecule has 0 aliphatic carbocycles. The minimum atomic E-state index is 0.240. The molecule has 90 valence electrons. The van der Waals surface area contributed by atoms with E-state index in [9.17, 15) is 9.59 Å². The highest BCUT2D eigenvalue weighted by Crippen LogP contribution is 2.17. The Bertz CT molecular complexity index is 279. The predicted molar refractivity (Wildman–Crippen MR) is 63.9 cm³/mol. The van der Waals surface area contributed by atoms with Crippen molar-refractivity contribution in [3.63, 3.8) is 0 Å². The lowest BCUT2D eigenvalue weighted by Gasteiger charge is -2.30. The molecule has 0 unspecified atom stereocenters. The van der Waals surface area contributed by atoms with Crippen molar-refractivity contribution in [2.75, 3.05) is 26.7 Å². The number of carbonyl (C=O) groups excluding carboxylic acids is 2. The quantitative estimate of drug-likeness (QED) is 0.516. The molecule has 0 amide bonds. The molecule has 4 nitrogen and oxygen atoms in total. The van der Waals surface area contributed by atoms with Gasteiger partial charge in [0.05, 0.1) is 0 Å². The summed E-state index contributed by atoms with van der Waals surface area (Å²) in [6, 6.07) is 0. The van der Waals surface area contributed by atoms with Crippen molar-refractivity contribution in [2.45, 2.75) is 26.2 Å². The summed E-state index contributed by atoms with van der Waals surface area (Å²) in [5.74, 6) is 0.543. The summed E-state index contributed by atoms with van der Waals surface area (Å²) in [6.07, 6.45) is 3.19. The lowest BCUT2D eigenvalue weighted by molar-refractivity contribution is -0.122. The smallest absolute Gasteiger partial charge is 0.133 e. The summed E-state index contributed by atoms with van der Waals surface area (Å²) in [5.41, 5.74) is 0.927. The van der Waals surface area contributed by atoms with Crippen LogP contribution in [0.5, 0.6) is 0 Å². The molecule has 1 aliphatic rings. The Labute approximate surface area is 96.7 Å². The summed E-state index contributed by atoms with van der Waals surface area (Å²) < 4.78 is 0. The molecule has 1 saturated heterocycles. The van der Waals surface area contributed by atoms with Crippen LogP contribution in [0, 0.1) is 5.92 Å². The average molecular weight is 224 g/mol. The van der Waals surface area contributed by atoms with Crippen LogP contribution in [-0.2, 0) is 9.59 Å². The monoisotopic (exact) mass is 224 g/mol. The van der Waals surface area contributed by atoms with E-state index in [0.717, 1.165) is 44.5 Å². The van der Waals surface area contributed by atoms with Crippen LogP contribution in [0.25, 0.3) is 0 Å². The van der Waals surface area contributed by atoms with Crippen LogP contribution in [0.15, 0.2) is 4.99 Å². The molecule has 1 heterocycles. The zero-order chi connectivity index (χ0) is 12.0. The number of aliphatic imine (C=N–C) groups is 1. The second-order valence-electron chi connectivity index (χ2n) is 4.32. The normalized spacial score (nSPS) is 19.8. The topological polar surface area (TPSA) is 49.7 Å². The Hall–Kier alpha value is -1.03. The fourth-order valence-corrected chi connectivity index (χ4v) is 2.08. The van der Waals surface area contributed by atoms with Gasteiger partial charge in [-0.25, -0.2) is 0 Å². The van der Waals surface area contributed by atoms with Crippen molar-refractivity contribution in [3.8, 4) is 0 Å². The van der Waals surface area contributed by atoms with Crippen LogP contribution in [0.3, 0.4) is 0 Å². The maximum atomic E-state index is 11.2. The molecule has 1 fully saturated rings. The number of Topliss-reactive ketones (excluding diaryl/α,β-unsaturated/α-hetero) is 1. The van der Waals surface area contributed by atoms with Crippen molar-refractivity contribution in [2.24, 2.45) is 10.9 Å². The predicted octanol–water partition coefficient (Wildman–Crippen LogP) is 0.947. The number of nitrogens with zero attached hydrogens (tertiary/aromatic N) is 2. The third-order valence-electron chi connectivity index (χ3n) is 3.20. The first-order valence-electron chi connectivity index (χ1n) is 5.78. The van der Waals surface area contributed by atoms with Gasteiger partial charge in [-0.15, -0.1) is 0 Å². The maximum absolute atomic E-state index is 11.2. The summed E-state index contributed by atoms with van der Waals surface area (Å²) in [7, 11) is 1.72. The minimum Gasteiger partial charge on any atom is -0.303 e. The van der Waals surface area contributed by atoms with Gasteiger partial charge in [-0.3, -0.25) is 14.7 Å². The highest BCUT2D eigenvalue weighted by Gasteiger charge is 2.22. The summed E-state index contributed by atoms with van der Waals surface area (Å²) in [6.45, 7) is 4.30. The van der Waals surface area contributed by atoms with Gasteiger partial charge in [0.2, 0.25) is 0 Å². The second kappa shape index (κ2) is 6.53. The summed E-state index contributed by atoms with van der Waals surface area (Å²) in [5, 5.41) is 0. The zero-order valence-electron chi connectivity index (χ0n) is 10.1. The van der Waals surface area contributed by atoms with Gasteiger partial charge in [0.1, 0.15) is 12.1 Å². The van der Waals surface area contributed by atoms with Crippen LogP contribution in [0.2, 0.25) is 0 Å². The van der Waals surface area contributed by atoms with Gasteiger partial charge in [0.25, 0.3) is 0 Å². The van der Waals surface area contributed by atoms with E-state index in [4.69, 9.17) is 0 Å². The van der Waals surface area contributed by atoms with E-state index >= 15 is 0 Å². The first kappa shape index (κ1) is 13.0. The molecule has 0 radical (unpaired) electrons. The number of hydrogen-bond acceptors (Lipinski definition) is 4. The van der Waals surface area contributed by atoms with Crippen molar-refractivity contribution in [1.82, 2.24) is 4.90 Å². The van der Waals surface area contributed by atoms with Gasteiger partial charge in [-0.2, -0.15) is 0 Å². The van der Waals surface area contributed by atoms with E-state index in [1.807, 2.05) is 0 Å². The Kier molecular flexibility index (Phi) is 5.32. The molecular weight excluding hydrogens is 204 g/mol. The number of carbonyl (C=O) groups is 2. The standard InChI is InChI=1S/C12H20N2O2/c1-10(16)11-3-6-14(7-4-11)9-12(13-2)5-8-15/h8,11H,3-7,9H2,1-2H3. The van der Waals surface area contributed by atoms with Gasteiger partial charge in [0.15, 0.2) is 0 Å². The number of piperidine rings is 1. The number of likely N-dealkylation sites (tertiary alicyclic amines) is 1. The van der Waals surface area contributed by atoms with Gasteiger partial charge in [0, 0.05) is 31.6 Å². The Morgan fingerprint density at radius 1 is 1.44 bits per heavy atom. The molecule has 4 heteroatoms. The van der Waals surface area contributed by atoms with Crippen molar-refractivity contribution in [3.05, 3.63) is 0 Å². The molecule has 16 heavy (non-hydrogen) atoms. The number of hydrogen-bond donors (Lipinski definition) is 0. The van der Waals surface area contributed by atoms with Gasteiger partial charge < -0.3 is 4.79 Å². The molecule has 0 spiro atoms. The lowest BCUT2D eigenvalue weighted by Crippen LogP contribution is -2.39. The molecule has 0 aromatic carbocycles. The van der Waals surface area contributed by atoms with E-state index < -0.39 is 0 Å². The molecule has 0 bridgehead atoms. The summed E-state index contributed by atoms with van der Waals surface area (Å²) in [4.78, 5) is 28.0. The number of rotatable bonds is 5. The van der Waals surface area contributed by atoms with Crippen LogP contribution in [-0.4, -0.2) is 49.4 Å². The van der Waals surface area contributed by atoms with E-state index in [2.05, 4.69) is 9.89 Å². The summed E-state index contributed by atoms with van der Waals surface area (Å²) >= 11 is 0. The van der Waals surface area contributed by atoms with E-state index in [-0.39, 0.29) is 5.92 Å². The van der Waals surface area contributed by atoms with E-state index in [1.54, 1.807) is 14.0 Å². The zero-order valence-corrected chi connectivity index (χ0v) is 10.1. The number of aldehydes is 1. The average Bonchev–Trinajstić information content (AvgIpc) is 2.29. The van der Waals surface area contributed by atoms with Crippen molar-refractivity contribution < 1.29 is 9.59 Å². The second-order valence-corrected chi connectivity index (χ2v) is 4.32. The molecule has 0 aromatic heterocycles. The van der Waals surface area contributed by atoms with E-state index in [0.29, 0.717) is 12.2 Å². The first-order chi connectivity index (χ1) is 7.67. The third kappa shape index (κ3) is 3.85. The van der Waals surface area contributed by atoms with Crippen molar-refractivity contribution in [1.29, 1.82) is 0 Å². The van der Waals surface area contributed by atoms with Crippen molar-refractivity contribution >= 4 is 17.8 Å². The molecule has 0 N–H and O–H groups in total. The first-order valence-corrected chi connectivity index (χ1v) is 5.78. The van der Waals surface area contributed by atoms with Gasteiger partial charge in [-0.1, -0.05) is 0 Å². The lowest BCUT2D eigenvalue weighted by atomic mass is 9.93. The highest BCUT2D eigenvalue weighted by atomic mass is 16.1. The molecular formula is C12H20N2O2. The molecule has 0 atom stereocenters. The Morgan fingerprint density at radius 3 is 2.50 bits per heavy atom. The van der Waals surface area contributed by atoms with Gasteiger partial charge >= 0.3 is 0 Å². The van der Waals surface area contributed by atoms with Gasteiger partial charge in [-0.05, 0) is 32.9 Å². The SMILES string of the molecule is CN=C(CC=O)CN1CCC(C(C)=O)CC1.